The summed E-state index contributed by atoms with van der Waals surface area (Å²) in [6.07, 6.45) is 3.38. The summed E-state index contributed by atoms with van der Waals surface area (Å²) in [5.74, 6) is -1.28. The number of hydrogen-bond donors (Lipinski definition) is 2. The zero-order valence-corrected chi connectivity index (χ0v) is 15.5. The maximum atomic E-state index is 13.3. The highest BCUT2D eigenvalue weighted by Crippen LogP contribution is 2.26. The fourth-order valence-electron chi connectivity index (χ4n) is 3.06. The monoisotopic (exact) mass is 389 g/mol. The summed E-state index contributed by atoms with van der Waals surface area (Å²) in [5, 5.41) is 2.78. The summed E-state index contributed by atoms with van der Waals surface area (Å²) in [6, 6.07) is 17.1. The first kappa shape index (κ1) is 18.6. The first-order valence-electron chi connectivity index (χ1n) is 8.99. The molecule has 144 valence electrons. The number of carbonyl (C=O) groups excluding carboxylic acids is 1. The van der Waals surface area contributed by atoms with Gasteiger partial charge in [-0.1, -0.05) is 30.3 Å². The van der Waals surface area contributed by atoms with Gasteiger partial charge in [-0.05, 0) is 59.2 Å². The lowest BCUT2D eigenvalue weighted by Gasteiger charge is -2.06. The quantitative estimate of drug-likeness (QED) is 0.475. The van der Waals surface area contributed by atoms with Crippen molar-refractivity contribution >= 4 is 34.8 Å². The van der Waals surface area contributed by atoms with Crippen LogP contribution in [0, 0.1) is 11.6 Å². The number of hydrogen-bond acceptors (Lipinski definition) is 2. The Bertz CT molecular complexity index is 1240. The Kier molecular flexibility index (Phi) is 4.91. The third-order valence-corrected chi connectivity index (χ3v) is 4.39. The minimum absolute atomic E-state index is 0.123. The highest BCUT2D eigenvalue weighted by molar-refractivity contribution is 5.90. The molecule has 4 rings (SSSR count). The van der Waals surface area contributed by atoms with Crippen molar-refractivity contribution in [2.24, 2.45) is 0 Å². The normalized spacial score (nSPS) is 11.3. The van der Waals surface area contributed by atoms with E-state index in [1.54, 1.807) is 12.2 Å². The van der Waals surface area contributed by atoms with E-state index in [0.717, 1.165) is 40.0 Å². The molecular weight excluding hydrogens is 372 g/mol. The van der Waals surface area contributed by atoms with Crippen LogP contribution in [0.15, 0.2) is 60.7 Å². The minimum Gasteiger partial charge on any atom is -0.338 e. The maximum Gasteiger partial charge on any atom is 0.221 e. The number of nitrogens with zero attached hydrogens (tertiary/aromatic N) is 1. The largest absolute Gasteiger partial charge is 0.338 e. The van der Waals surface area contributed by atoms with Crippen molar-refractivity contribution in [2.75, 3.05) is 5.32 Å². The van der Waals surface area contributed by atoms with E-state index in [1.807, 2.05) is 42.5 Å². The molecule has 0 spiro atoms. The molecule has 6 heteroatoms. The lowest BCUT2D eigenvalue weighted by atomic mass is 10.0. The molecule has 4 aromatic rings. The standard InChI is InChI=1S/C23H17F2N3O/c1-14(29)26-18-4-2-3-16(12-18)17-7-9-21-22(13-17)28-23(27-21)10-6-15-5-8-19(24)20(25)11-15/h2-13H,1H3,(H,26,29)(H,27,28)/b10-6+. The van der Waals surface area contributed by atoms with E-state index in [-0.39, 0.29) is 5.91 Å². The first-order valence-corrected chi connectivity index (χ1v) is 8.99. The second-order valence-electron chi connectivity index (χ2n) is 6.62. The van der Waals surface area contributed by atoms with Crippen LogP contribution in [0.5, 0.6) is 0 Å². The molecule has 3 aromatic carbocycles. The average molecular weight is 389 g/mol. The van der Waals surface area contributed by atoms with Crippen molar-refractivity contribution < 1.29 is 13.6 Å². The van der Waals surface area contributed by atoms with Gasteiger partial charge in [-0.15, -0.1) is 0 Å². The molecule has 0 fully saturated rings. The van der Waals surface area contributed by atoms with Gasteiger partial charge in [0.15, 0.2) is 11.6 Å². The fourth-order valence-corrected chi connectivity index (χ4v) is 3.06. The van der Waals surface area contributed by atoms with Gasteiger partial charge in [0.05, 0.1) is 11.0 Å². The van der Waals surface area contributed by atoms with Gasteiger partial charge >= 0.3 is 0 Å². The van der Waals surface area contributed by atoms with Crippen LogP contribution in [0.1, 0.15) is 18.3 Å². The minimum atomic E-state index is -0.886. The average Bonchev–Trinajstić information content (AvgIpc) is 3.11. The summed E-state index contributed by atoms with van der Waals surface area (Å²) in [6.45, 7) is 1.47. The number of aromatic amines is 1. The second-order valence-corrected chi connectivity index (χ2v) is 6.62. The number of nitrogens with one attached hydrogen (secondary N) is 2. The third-order valence-electron chi connectivity index (χ3n) is 4.39. The number of rotatable bonds is 4. The van der Waals surface area contributed by atoms with Crippen molar-refractivity contribution in [1.82, 2.24) is 9.97 Å². The summed E-state index contributed by atoms with van der Waals surface area (Å²) in [4.78, 5) is 19.0. The summed E-state index contributed by atoms with van der Waals surface area (Å²) in [5.41, 5.74) is 4.83. The van der Waals surface area contributed by atoms with Crippen LogP contribution >= 0.6 is 0 Å². The van der Waals surface area contributed by atoms with Gasteiger partial charge in [0.1, 0.15) is 5.82 Å². The van der Waals surface area contributed by atoms with Crippen LogP contribution in [-0.4, -0.2) is 15.9 Å². The predicted molar refractivity (Wildman–Crippen MR) is 111 cm³/mol. The van der Waals surface area contributed by atoms with Gasteiger partial charge in [0.2, 0.25) is 5.91 Å². The van der Waals surface area contributed by atoms with E-state index >= 15 is 0 Å². The number of H-pyrrole nitrogens is 1. The molecule has 1 aromatic heterocycles. The predicted octanol–water partition coefficient (Wildman–Crippen LogP) is 5.64. The lowest BCUT2D eigenvalue weighted by Crippen LogP contribution is -2.05. The summed E-state index contributed by atoms with van der Waals surface area (Å²) >= 11 is 0. The van der Waals surface area contributed by atoms with Gasteiger partial charge in [0, 0.05) is 12.6 Å². The highest BCUT2D eigenvalue weighted by atomic mass is 19.2. The van der Waals surface area contributed by atoms with Gasteiger partial charge in [-0.2, -0.15) is 0 Å². The van der Waals surface area contributed by atoms with E-state index < -0.39 is 11.6 Å². The van der Waals surface area contributed by atoms with Crippen LogP contribution in [0.25, 0.3) is 34.3 Å². The van der Waals surface area contributed by atoms with Crippen LogP contribution in [0.4, 0.5) is 14.5 Å². The highest BCUT2D eigenvalue weighted by Gasteiger charge is 2.06. The molecule has 2 N–H and O–H groups in total. The van der Waals surface area contributed by atoms with E-state index in [1.165, 1.54) is 13.0 Å². The fraction of sp³-hybridized carbons (Fsp3) is 0.0435. The Morgan fingerprint density at radius 2 is 1.79 bits per heavy atom. The molecule has 0 aliphatic carbocycles. The number of carbonyl (C=O) groups is 1. The first-order chi connectivity index (χ1) is 14.0. The number of anilines is 1. The number of benzene rings is 3. The third kappa shape index (κ3) is 4.21. The number of amides is 1. The van der Waals surface area contributed by atoms with Gasteiger partial charge in [-0.25, -0.2) is 13.8 Å². The Morgan fingerprint density at radius 1 is 0.966 bits per heavy atom. The molecule has 29 heavy (non-hydrogen) atoms. The van der Waals surface area contributed by atoms with E-state index in [4.69, 9.17) is 0 Å². The number of imidazole rings is 1. The number of aromatic nitrogens is 2. The van der Waals surface area contributed by atoms with Crippen molar-refractivity contribution in [3.63, 3.8) is 0 Å². The van der Waals surface area contributed by atoms with Crippen LogP contribution in [-0.2, 0) is 4.79 Å². The zero-order valence-electron chi connectivity index (χ0n) is 15.5. The van der Waals surface area contributed by atoms with Crippen molar-refractivity contribution in [1.29, 1.82) is 0 Å². The van der Waals surface area contributed by atoms with Crippen LogP contribution < -0.4 is 5.32 Å². The van der Waals surface area contributed by atoms with Crippen LogP contribution in [0.2, 0.25) is 0 Å². The molecule has 4 nitrogen and oxygen atoms in total. The van der Waals surface area contributed by atoms with E-state index in [0.29, 0.717) is 11.4 Å². The van der Waals surface area contributed by atoms with Gasteiger partial charge in [-0.3, -0.25) is 4.79 Å². The Labute approximate surface area is 165 Å². The molecule has 0 aliphatic rings. The zero-order chi connectivity index (χ0) is 20.4. The molecule has 0 bridgehead atoms. The Morgan fingerprint density at radius 3 is 2.59 bits per heavy atom. The SMILES string of the molecule is CC(=O)Nc1cccc(-c2ccc3[nH]c(/C=C/c4ccc(F)c(F)c4)nc3c2)c1. The number of fused-ring (bicyclic) bond motifs is 1. The lowest BCUT2D eigenvalue weighted by molar-refractivity contribution is -0.114. The molecule has 1 amide bonds. The smallest absolute Gasteiger partial charge is 0.221 e. The molecule has 0 saturated heterocycles. The molecular formula is C23H17F2N3O. The topological polar surface area (TPSA) is 57.8 Å². The van der Waals surface area contributed by atoms with E-state index in [2.05, 4.69) is 15.3 Å². The Balaban J connectivity index is 1.61. The molecule has 0 unspecified atom stereocenters. The van der Waals surface area contributed by atoms with Gasteiger partial charge < -0.3 is 10.3 Å². The van der Waals surface area contributed by atoms with Crippen molar-refractivity contribution in [3.8, 4) is 11.1 Å². The molecule has 0 aliphatic heterocycles. The molecule has 0 saturated carbocycles. The molecule has 0 radical (unpaired) electrons. The van der Waals surface area contributed by atoms with Gasteiger partial charge in [0.25, 0.3) is 0 Å². The van der Waals surface area contributed by atoms with Crippen LogP contribution in [0.3, 0.4) is 0 Å². The molecule has 0 atom stereocenters. The molecule has 1 heterocycles. The second kappa shape index (κ2) is 7.67. The Hall–Kier alpha value is -3.80. The van der Waals surface area contributed by atoms with Crippen molar-refractivity contribution in [3.05, 3.63) is 83.7 Å². The van der Waals surface area contributed by atoms with E-state index in [9.17, 15) is 13.6 Å². The van der Waals surface area contributed by atoms with Crippen molar-refractivity contribution in [2.45, 2.75) is 6.92 Å². The maximum absolute atomic E-state index is 13.3. The number of halogens is 2. The summed E-state index contributed by atoms with van der Waals surface area (Å²) < 4.78 is 26.3. The summed E-state index contributed by atoms with van der Waals surface area (Å²) in [7, 11) is 0.